The van der Waals surface area contributed by atoms with E-state index in [4.69, 9.17) is 4.98 Å². The minimum atomic E-state index is -0.347. The van der Waals surface area contributed by atoms with Gasteiger partial charge in [-0.1, -0.05) is 0 Å². The molecule has 3 aromatic heterocycles. The van der Waals surface area contributed by atoms with E-state index in [2.05, 4.69) is 31.2 Å². The van der Waals surface area contributed by atoms with Crippen molar-refractivity contribution < 1.29 is 14.3 Å². The average molecular weight is 498 g/mol. The first-order valence-electron chi connectivity index (χ1n) is 12.0. The predicted molar refractivity (Wildman–Crippen MR) is 135 cm³/mol. The van der Waals surface area contributed by atoms with Gasteiger partial charge in [0.15, 0.2) is 0 Å². The number of nitriles is 1. The zero-order valence-corrected chi connectivity index (χ0v) is 20.1. The van der Waals surface area contributed by atoms with E-state index in [0.717, 1.165) is 30.9 Å². The first-order valence-corrected chi connectivity index (χ1v) is 12.0. The van der Waals surface area contributed by atoms with Crippen molar-refractivity contribution in [1.29, 1.82) is 5.26 Å². The molecule has 3 fully saturated rings. The molecule has 186 valence electrons. The van der Waals surface area contributed by atoms with E-state index >= 15 is 0 Å². The minimum absolute atomic E-state index is 0.118. The number of benzene rings is 1. The molecule has 3 N–H and O–H groups in total. The van der Waals surface area contributed by atoms with Gasteiger partial charge in [-0.05, 0) is 42.8 Å². The number of piperazine rings is 1. The lowest BCUT2D eigenvalue weighted by atomic mass is 9.86. The maximum absolute atomic E-state index is 13.6. The maximum Gasteiger partial charge on any atom is 0.267 e. The molecule has 1 aromatic carbocycles. The van der Waals surface area contributed by atoms with Crippen LogP contribution in [0.25, 0.3) is 22.2 Å². The number of pyridine rings is 2. The maximum atomic E-state index is 13.6. The van der Waals surface area contributed by atoms with Crippen LogP contribution < -0.4 is 10.2 Å². The SMILES string of the molecule is CNC(=O)c1cc2c(-c3ccc(N4CC5CC(C4)N5Cc4cc(F)ccc4O)nc3)c(C#N)cnc2[nH]1. The number of anilines is 1. The molecule has 9 nitrogen and oxygen atoms in total. The van der Waals surface area contributed by atoms with Gasteiger partial charge in [0, 0.05) is 73.2 Å². The van der Waals surface area contributed by atoms with Crippen LogP contribution in [0.2, 0.25) is 0 Å². The minimum Gasteiger partial charge on any atom is -0.508 e. The highest BCUT2D eigenvalue weighted by atomic mass is 19.1. The molecule has 4 aromatic rings. The second kappa shape index (κ2) is 8.87. The van der Waals surface area contributed by atoms with E-state index in [1.165, 1.54) is 24.4 Å². The average Bonchev–Trinajstić information content (AvgIpc) is 3.37. The van der Waals surface area contributed by atoms with Crippen LogP contribution >= 0.6 is 0 Å². The second-order valence-corrected chi connectivity index (χ2v) is 9.48. The highest BCUT2D eigenvalue weighted by Crippen LogP contribution is 2.37. The van der Waals surface area contributed by atoms with Crippen LogP contribution in [0.15, 0.2) is 48.8 Å². The number of piperidine rings is 1. The number of amides is 1. The number of phenolic OH excluding ortho intramolecular Hbond substituents is 1. The second-order valence-electron chi connectivity index (χ2n) is 9.48. The van der Waals surface area contributed by atoms with Crippen molar-refractivity contribution >= 4 is 22.8 Å². The van der Waals surface area contributed by atoms with Gasteiger partial charge in [0.1, 0.15) is 34.8 Å². The molecule has 0 spiro atoms. The van der Waals surface area contributed by atoms with Crippen LogP contribution in [-0.4, -0.2) is 63.1 Å². The fourth-order valence-corrected chi connectivity index (χ4v) is 5.46. The molecule has 3 aliphatic rings. The molecule has 2 unspecified atom stereocenters. The molecule has 0 aliphatic carbocycles. The summed E-state index contributed by atoms with van der Waals surface area (Å²) in [7, 11) is 1.56. The topological polar surface area (TPSA) is 121 Å². The van der Waals surface area contributed by atoms with Gasteiger partial charge in [0.25, 0.3) is 5.91 Å². The summed E-state index contributed by atoms with van der Waals surface area (Å²) in [6, 6.07) is 12.5. The lowest BCUT2D eigenvalue weighted by Gasteiger charge is -2.56. The third kappa shape index (κ3) is 3.93. The first-order chi connectivity index (χ1) is 17.9. The molecule has 6 heterocycles. The Kier molecular flexibility index (Phi) is 5.50. The van der Waals surface area contributed by atoms with E-state index in [0.29, 0.717) is 52.0 Å². The summed E-state index contributed by atoms with van der Waals surface area (Å²) in [6.07, 6.45) is 4.31. The molecule has 0 radical (unpaired) electrons. The Hall–Kier alpha value is -4.49. The van der Waals surface area contributed by atoms with Crippen molar-refractivity contribution in [2.75, 3.05) is 25.0 Å². The highest BCUT2D eigenvalue weighted by Gasteiger charge is 2.44. The fraction of sp³-hybridized carbons (Fsp3) is 0.259. The van der Waals surface area contributed by atoms with Gasteiger partial charge >= 0.3 is 0 Å². The molecular weight excluding hydrogens is 473 g/mol. The number of aromatic nitrogens is 3. The number of aromatic amines is 1. The molecule has 37 heavy (non-hydrogen) atoms. The summed E-state index contributed by atoms with van der Waals surface area (Å²) < 4.78 is 13.6. The van der Waals surface area contributed by atoms with Gasteiger partial charge in [-0.3, -0.25) is 9.69 Å². The van der Waals surface area contributed by atoms with Crippen LogP contribution in [0.4, 0.5) is 10.2 Å². The van der Waals surface area contributed by atoms with E-state index in [9.17, 15) is 19.6 Å². The van der Waals surface area contributed by atoms with Crippen molar-refractivity contribution in [1.82, 2.24) is 25.2 Å². The van der Waals surface area contributed by atoms with Gasteiger partial charge in [-0.15, -0.1) is 0 Å². The normalized spacial score (nSPS) is 18.9. The number of phenols is 1. The summed E-state index contributed by atoms with van der Waals surface area (Å²) in [4.78, 5) is 28.7. The molecule has 3 saturated heterocycles. The number of nitrogens with one attached hydrogen (secondary N) is 2. The van der Waals surface area contributed by atoms with Crippen molar-refractivity contribution in [3.8, 4) is 22.9 Å². The van der Waals surface area contributed by atoms with Crippen LogP contribution in [0.1, 0.15) is 28.0 Å². The number of H-pyrrole nitrogens is 1. The Morgan fingerprint density at radius 2 is 2.03 bits per heavy atom. The Labute approximate surface area is 212 Å². The summed E-state index contributed by atoms with van der Waals surface area (Å²) in [5.41, 5.74) is 3.35. The van der Waals surface area contributed by atoms with Crippen LogP contribution in [0.3, 0.4) is 0 Å². The molecule has 2 bridgehead atoms. The lowest BCUT2D eigenvalue weighted by Crippen LogP contribution is -2.68. The van der Waals surface area contributed by atoms with Crippen LogP contribution in [0.5, 0.6) is 5.75 Å². The van der Waals surface area contributed by atoms with Crippen LogP contribution in [0, 0.1) is 17.1 Å². The summed E-state index contributed by atoms with van der Waals surface area (Å²) in [5, 5.41) is 23.1. The molecule has 10 heteroatoms. The van der Waals surface area contributed by atoms with Gasteiger partial charge in [0.05, 0.1) is 5.56 Å². The number of nitrogens with zero attached hydrogens (tertiary/aromatic N) is 5. The number of aromatic hydroxyl groups is 1. The molecule has 7 rings (SSSR count). The van der Waals surface area contributed by atoms with Crippen LogP contribution in [-0.2, 0) is 6.54 Å². The zero-order valence-electron chi connectivity index (χ0n) is 20.1. The standard InChI is InChI=1S/C27H24FN7O2/c1-30-27(37)22-8-21-25(17(9-29)11-32-26(21)33-22)15-2-5-24(31-10-15)34-13-19-7-20(14-34)35(19)12-16-6-18(28)3-4-23(16)36/h2-6,8,10-11,19-20,36H,7,12-14H2,1H3,(H,30,37)(H,32,33). The number of halogens is 1. The fourth-order valence-electron chi connectivity index (χ4n) is 5.46. The van der Waals surface area contributed by atoms with Gasteiger partial charge < -0.3 is 20.3 Å². The Morgan fingerprint density at radius 3 is 2.73 bits per heavy atom. The lowest BCUT2D eigenvalue weighted by molar-refractivity contribution is -0.00921. The largest absolute Gasteiger partial charge is 0.508 e. The summed E-state index contributed by atoms with van der Waals surface area (Å²) in [6.45, 7) is 2.09. The Balaban J connectivity index is 1.22. The molecular formula is C27H24FN7O2. The predicted octanol–water partition coefficient (Wildman–Crippen LogP) is 3.16. The zero-order chi connectivity index (χ0) is 25.7. The van der Waals surface area contributed by atoms with E-state index in [1.807, 2.05) is 12.1 Å². The van der Waals surface area contributed by atoms with Crippen molar-refractivity contribution in [2.24, 2.45) is 0 Å². The van der Waals surface area contributed by atoms with Gasteiger partial charge in [-0.25, -0.2) is 14.4 Å². The third-order valence-corrected chi connectivity index (χ3v) is 7.35. The number of carbonyl (C=O) groups is 1. The number of carbonyl (C=O) groups excluding carboxylic acids is 1. The summed E-state index contributed by atoms with van der Waals surface area (Å²) >= 11 is 0. The quantitative estimate of drug-likeness (QED) is 0.387. The van der Waals surface area contributed by atoms with Crippen molar-refractivity contribution in [3.05, 3.63) is 71.4 Å². The molecule has 2 atom stereocenters. The molecule has 3 aliphatic heterocycles. The highest BCUT2D eigenvalue weighted by molar-refractivity contribution is 6.02. The Bertz CT molecular complexity index is 1550. The number of fused-ring (bicyclic) bond motifs is 3. The third-order valence-electron chi connectivity index (χ3n) is 7.35. The number of rotatable bonds is 5. The van der Waals surface area contributed by atoms with E-state index < -0.39 is 0 Å². The van der Waals surface area contributed by atoms with Crippen molar-refractivity contribution in [2.45, 2.75) is 25.0 Å². The smallest absolute Gasteiger partial charge is 0.267 e. The first kappa shape index (κ1) is 22.9. The molecule has 1 amide bonds. The van der Waals surface area contributed by atoms with Crippen molar-refractivity contribution in [3.63, 3.8) is 0 Å². The Morgan fingerprint density at radius 1 is 1.22 bits per heavy atom. The number of hydrogen-bond acceptors (Lipinski definition) is 7. The number of hydrogen-bond donors (Lipinski definition) is 3. The van der Waals surface area contributed by atoms with Gasteiger partial charge in [0.2, 0.25) is 0 Å². The van der Waals surface area contributed by atoms with E-state index in [-0.39, 0.29) is 17.5 Å². The monoisotopic (exact) mass is 497 g/mol. The van der Waals surface area contributed by atoms with Gasteiger partial charge in [-0.2, -0.15) is 5.26 Å². The molecule has 0 saturated carbocycles. The summed E-state index contributed by atoms with van der Waals surface area (Å²) in [5.74, 6) is 0.351. The van der Waals surface area contributed by atoms with E-state index in [1.54, 1.807) is 19.3 Å².